The molecule has 0 radical (unpaired) electrons. The molecular formula is C56H62B3N9O3. The van der Waals surface area contributed by atoms with E-state index < -0.39 is 6.98 Å². The van der Waals surface area contributed by atoms with Crippen LogP contribution in [0, 0.1) is 0 Å². The van der Waals surface area contributed by atoms with Crippen LogP contribution in [0.2, 0.25) is 20.5 Å². The number of hydrazine groups is 3. The van der Waals surface area contributed by atoms with E-state index in [1.54, 1.807) is 6.20 Å². The summed E-state index contributed by atoms with van der Waals surface area (Å²) in [5, 5.41) is 10.1. The quantitative estimate of drug-likeness (QED) is 0.158. The maximum absolute atomic E-state index is 7.70. The van der Waals surface area contributed by atoms with Gasteiger partial charge in [0.05, 0.1) is 0 Å². The van der Waals surface area contributed by atoms with Gasteiger partial charge in [-0.1, -0.05) is 93.3 Å². The summed E-state index contributed by atoms with van der Waals surface area (Å²) in [6, 6.07) is 35.1. The molecule has 6 aliphatic rings. The molecule has 7 aromatic rings. The van der Waals surface area contributed by atoms with Gasteiger partial charge in [-0.15, -0.1) is 0 Å². The summed E-state index contributed by atoms with van der Waals surface area (Å²) in [6.07, 6.45) is 18.6. The van der Waals surface area contributed by atoms with Gasteiger partial charge in [0.1, 0.15) is 52.5 Å². The minimum atomic E-state index is -2.16. The third-order valence-electron chi connectivity index (χ3n) is 15.0. The van der Waals surface area contributed by atoms with Crippen molar-refractivity contribution in [3.05, 3.63) is 175 Å². The van der Waals surface area contributed by atoms with Crippen LogP contribution < -0.4 is 21.3 Å². The Morgan fingerprint density at radius 1 is 0.437 bits per heavy atom. The normalized spacial score (nSPS) is 21.0. The van der Waals surface area contributed by atoms with Crippen molar-refractivity contribution in [3.8, 4) is 0 Å². The molecule has 0 saturated heterocycles. The molecule has 3 aromatic heterocycles. The van der Waals surface area contributed by atoms with Gasteiger partial charge in [0.25, 0.3) is 0 Å². The summed E-state index contributed by atoms with van der Waals surface area (Å²) in [5.74, 6) is 2.85. The topological polar surface area (TPSA) is 68.6 Å². The number of anilines is 1. The number of allylic oxidation sites excluding steroid dienone is 3. The first kappa shape index (κ1) is 42.2. The van der Waals surface area contributed by atoms with Crippen molar-refractivity contribution in [3.63, 3.8) is 0 Å². The third-order valence-corrected chi connectivity index (χ3v) is 15.0. The summed E-state index contributed by atoms with van der Waals surface area (Å²) in [6.45, 7) is 17.6. The van der Waals surface area contributed by atoms with Crippen LogP contribution in [-0.2, 0) is 0 Å². The molecule has 0 aliphatic carbocycles. The molecule has 0 saturated carbocycles. The Bertz CT molecular complexity index is 3460. The number of hydrogen-bond acceptors (Lipinski definition) is 12. The average molecular weight is 945 g/mol. The van der Waals surface area contributed by atoms with Crippen LogP contribution in [0.4, 0.5) is 5.69 Å². The minimum Gasteiger partial charge on any atom is -0.457 e. The highest BCUT2D eigenvalue weighted by Gasteiger charge is 2.41. The maximum atomic E-state index is 7.70. The molecule has 358 valence electrons. The summed E-state index contributed by atoms with van der Waals surface area (Å²) < 4.78 is 41.2. The van der Waals surface area contributed by atoms with E-state index in [1.165, 1.54) is 43.7 Å². The molecular weight excluding hydrogens is 879 g/mol. The molecule has 0 unspecified atom stereocenters. The Kier molecular flexibility index (Phi) is 10.7. The molecule has 15 heteroatoms. The molecule has 0 bridgehead atoms. The number of fused-ring (bicyclic) bond motifs is 9. The highest BCUT2D eigenvalue weighted by Crippen LogP contribution is 2.34. The van der Waals surface area contributed by atoms with Gasteiger partial charge < -0.3 is 42.7 Å². The van der Waals surface area contributed by atoms with Crippen LogP contribution in [-0.4, -0.2) is 92.7 Å². The number of furan rings is 3. The van der Waals surface area contributed by atoms with Gasteiger partial charge in [-0.2, -0.15) is 0 Å². The molecule has 9 heterocycles. The standard InChI is InChI=1S/C22H22BN3O.2C17H20BN3O/c1-16-15-21-22(19-11-7-8-12-20(19)27-21)23(3)26(16)25-14-13-24(17(25)2)18-9-5-4-6-10-18;2*1-12-11-16-17(14-7-5-6-8-15(14)22-16)18(3)21(12)20-10-9-19(4)13(20)2/h4-15,17H,1-3H3;2*5-11,13H,1-4H3/t17-;2*13-/m000/s1/i;4D3;. The van der Waals surface area contributed by atoms with Gasteiger partial charge in [-0.05, 0) is 106 Å². The lowest BCUT2D eigenvalue weighted by atomic mass is 9.55. The SMILES string of the molecule is CB1c2c(oc3ccccc23)C=C(C)N1N1C=CN(C)[C@@H]1C.CB1c2c(oc3ccccc23)C=C(C)N1N1C=CN(c2ccccc2)[C@@H]1C.[2H]C([2H])([2H])N1C=CN(N2B(C)c3c(oc4ccccc34)C=C2C)[C@H]1C. The van der Waals surface area contributed by atoms with Crippen molar-refractivity contribution in [1.82, 2.24) is 39.6 Å². The molecule has 71 heavy (non-hydrogen) atoms. The van der Waals surface area contributed by atoms with Crippen LogP contribution in [0.3, 0.4) is 0 Å². The predicted molar refractivity (Wildman–Crippen MR) is 295 cm³/mol. The summed E-state index contributed by atoms with van der Waals surface area (Å²) >= 11 is 0. The first-order chi connectivity index (χ1) is 35.5. The molecule has 0 fully saturated rings. The van der Waals surface area contributed by atoms with Crippen LogP contribution in [0.25, 0.3) is 51.1 Å². The fourth-order valence-electron chi connectivity index (χ4n) is 11.4. The highest BCUT2D eigenvalue weighted by atomic mass is 16.3. The van der Waals surface area contributed by atoms with Crippen LogP contribution in [0.1, 0.15) is 62.9 Å². The summed E-state index contributed by atoms with van der Waals surface area (Å²) in [4.78, 5) is 12.8. The van der Waals surface area contributed by atoms with Gasteiger partial charge in [0.2, 0.25) is 0 Å². The Labute approximate surface area is 423 Å². The average Bonchev–Trinajstić information content (AvgIpc) is 4.24. The lowest BCUT2D eigenvalue weighted by molar-refractivity contribution is 0.0635. The van der Waals surface area contributed by atoms with Gasteiger partial charge >= 0.3 is 20.5 Å². The van der Waals surface area contributed by atoms with Crippen molar-refractivity contribution < 1.29 is 17.4 Å². The van der Waals surface area contributed by atoms with Crippen LogP contribution >= 0.6 is 0 Å². The Hall–Kier alpha value is -7.67. The second kappa shape index (κ2) is 17.9. The molecule has 4 aromatic carbocycles. The van der Waals surface area contributed by atoms with E-state index in [0.29, 0.717) is 6.17 Å². The molecule has 0 spiro atoms. The second-order valence-corrected chi connectivity index (χ2v) is 19.3. The first-order valence-electron chi connectivity index (χ1n) is 26.2. The van der Waals surface area contributed by atoms with Crippen LogP contribution in [0.15, 0.2) is 171 Å². The lowest BCUT2D eigenvalue weighted by Gasteiger charge is -2.44. The third kappa shape index (κ3) is 7.64. The van der Waals surface area contributed by atoms with E-state index in [1.807, 2.05) is 73.6 Å². The van der Waals surface area contributed by atoms with Crippen molar-refractivity contribution in [1.29, 1.82) is 0 Å². The van der Waals surface area contributed by atoms with E-state index in [4.69, 9.17) is 17.4 Å². The number of benzene rings is 4. The van der Waals surface area contributed by atoms with E-state index in [-0.39, 0.29) is 32.9 Å². The van der Waals surface area contributed by atoms with E-state index >= 15 is 0 Å². The Morgan fingerprint density at radius 2 is 0.789 bits per heavy atom. The number of nitrogens with zero attached hydrogens (tertiary/aromatic N) is 9. The highest BCUT2D eigenvalue weighted by molar-refractivity contribution is 6.74. The molecule has 3 atom stereocenters. The molecule has 0 amide bonds. The lowest BCUT2D eigenvalue weighted by Crippen LogP contribution is -2.57. The van der Waals surface area contributed by atoms with E-state index in [9.17, 15) is 0 Å². The van der Waals surface area contributed by atoms with Crippen LogP contribution in [0.5, 0.6) is 0 Å². The fourth-order valence-corrected chi connectivity index (χ4v) is 11.4. The monoisotopic (exact) mass is 945 g/mol. The number of rotatable bonds is 4. The predicted octanol–water partition coefficient (Wildman–Crippen LogP) is 10.3. The van der Waals surface area contributed by atoms with Crippen molar-refractivity contribution in [2.75, 3.05) is 18.9 Å². The maximum Gasteiger partial charge on any atom is 0.315 e. The smallest absolute Gasteiger partial charge is 0.315 e. The van der Waals surface area contributed by atoms with Gasteiger partial charge in [-0.3, -0.25) is 15.0 Å². The zero-order chi connectivity index (χ0) is 51.9. The number of para-hydroxylation sites is 4. The molecule has 13 rings (SSSR count). The van der Waals surface area contributed by atoms with Gasteiger partial charge in [0, 0.05) is 94.3 Å². The first-order valence-corrected chi connectivity index (χ1v) is 24.7. The zero-order valence-corrected chi connectivity index (χ0v) is 42.2. The Balaban J connectivity index is 0.000000120. The van der Waals surface area contributed by atoms with Crippen molar-refractivity contribution >= 4 is 93.8 Å². The van der Waals surface area contributed by atoms with E-state index in [0.717, 1.165) is 50.6 Å². The van der Waals surface area contributed by atoms with Crippen molar-refractivity contribution in [2.45, 2.75) is 80.5 Å². The summed E-state index contributed by atoms with van der Waals surface area (Å²) in [5.41, 5.74) is 11.1. The fraction of sp³-hybridized carbons (Fsp3) is 0.250. The van der Waals surface area contributed by atoms with Gasteiger partial charge in [-0.25, -0.2) is 0 Å². The molecule has 6 aliphatic heterocycles. The largest absolute Gasteiger partial charge is 0.457 e. The van der Waals surface area contributed by atoms with Crippen molar-refractivity contribution in [2.24, 2.45) is 0 Å². The van der Waals surface area contributed by atoms with Gasteiger partial charge in [0.15, 0.2) is 0 Å². The molecule has 0 N–H and O–H groups in total. The number of hydrogen-bond donors (Lipinski definition) is 0. The van der Waals surface area contributed by atoms with E-state index in [2.05, 4.69) is 187 Å². The zero-order valence-electron chi connectivity index (χ0n) is 45.2. The second-order valence-electron chi connectivity index (χ2n) is 19.3. The Morgan fingerprint density at radius 3 is 1.17 bits per heavy atom. The minimum absolute atomic E-state index is 0.0345. The molecule has 12 nitrogen and oxygen atoms in total. The summed E-state index contributed by atoms with van der Waals surface area (Å²) in [7, 11) is 2.10.